The van der Waals surface area contributed by atoms with Gasteiger partial charge in [-0.1, -0.05) is 37.2 Å². The first-order chi connectivity index (χ1) is 14.8. The second-order valence-corrected chi connectivity index (χ2v) is 8.64. The molecular formula is C22H22ClN3O4S. The minimum absolute atomic E-state index is 0.0640. The summed E-state index contributed by atoms with van der Waals surface area (Å²) in [5.41, 5.74) is 0.640. The number of hydrogen-bond donors (Lipinski definition) is 1. The maximum atomic E-state index is 13.0. The smallest absolute Gasteiger partial charge is 0.262 e. The van der Waals surface area contributed by atoms with Crippen molar-refractivity contribution in [1.29, 1.82) is 0 Å². The Morgan fingerprint density at radius 2 is 1.90 bits per heavy atom. The molecule has 31 heavy (non-hydrogen) atoms. The van der Waals surface area contributed by atoms with Gasteiger partial charge in [-0.3, -0.25) is 24.3 Å². The largest absolute Gasteiger partial charge is 0.497 e. The molecular weight excluding hydrogens is 438 g/mol. The van der Waals surface area contributed by atoms with Gasteiger partial charge in [-0.05, 0) is 48.4 Å². The van der Waals surface area contributed by atoms with Crippen molar-refractivity contribution in [3.05, 3.63) is 63.4 Å². The number of rotatable bonds is 7. The van der Waals surface area contributed by atoms with Crippen LogP contribution in [-0.2, 0) is 11.3 Å². The Kier molecular flexibility index (Phi) is 7.35. The zero-order chi connectivity index (χ0) is 22.5. The van der Waals surface area contributed by atoms with Gasteiger partial charge in [-0.25, -0.2) is 4.98 Å². The fourth-order valence-corrected chi connectivity index (χ4v) is 3.90. The number of ether oxygens (including phenoxy) is 1. The summed E-state index contributed by atoms with van der Waals surface area (Å²) in [5.74, 6) is -0.238. The normalized spacial score (nSPS) is 11.0. The van der Waals surface area contributed by atoms with Crippen LogP contribution in [0.25, 0.3) is 10.9 Å². The molecule has 0 unspecified atom stereocenters. The van der Waals surface area contributed by atoms with E-state index in [4.69, 9.17) is 16.3 Å². The van der Waals surface area contributed by atoms with Gasteiger partial charge in [0.25, 0.3) is 11.5 Å². The molecule has 9 heteroatoms. The lowest BCUT2D eigenvalue weighted by Crippen LogP contribution is -2.32. The molecule has 0 spiro atoms. The third kappa shape index (κ3) is 5.65. The number of carbonyl (C=O) groups is 2. The molecule has 0 radical (unpaired) electrons. The first-order valence-corrected chi connectivity index (χ1v) is 11.0. The molecule has 1 heterocycles. The summed E-state index contributed by atoms with van der Waals surface area (Å²) < 4.78 is 6.61. The monoisotopic (exact) mass is 459 g/mol. The molecule has 2 amide bonds. The van der Waals surface area contributed by atoms with Crippen molar-refractivity contribution < 1.29 is 14.3 Å². The van der Waals surface area contributed by atoms with Crippen molar-refractivity contribution in [1.82, 2.24) is 14.9 Å². The van der Waals surface area contributed by atoms with Crippen molar-refractivity contribution in [2.24, 2.45) is 5.92 Å². The summed E-state index contributed by atoms with van der Waals surface area (Å²) in [6, 6.07) is 11.4. The third-order valence-electron chi connectivity index (χ3n) is 4.37. The van der Waals surface area contributed by atoms with E-state index in [0.29, 0.717) is 38.9 Å². The van der Waals surface area contributed by atoms with Crippen molar-refractivity contribution in [2.45, 2.75) is 25.5 Å². The Bertz CT molecular complexity index is 1180. The number of thioether (sulfide) groups is 1. The van der Waals surface area contributed by atoms with E-state index in [9.17, 15) is 14.4 Å². The minimum Gasteiger partial charge on any atom is -0.497 e. The molecule has 0 fully saturated rings. The molecule has 0 saturated carbocycles. The van der Waals surface area contributed by atoms with E-state index in [1.165, 1.54) is 7.11 Å². The van der Waals surface area contributed by atoms with Crippen LogP contribution in [0.2, 0.25) is 5.02 Å². The minimum atomic E-state index is -0.506. The van der Waals surface area contributed by atoms with Crippen LogP contribution >= 0.6 is 23.4 Å². The average molecular weight is 460 g/mol. The number of nitrogens with zero attached hydrogens (tertiary/aromatic N) is 2. The van der Waals surface area contributed by atoms with Crippen LogP contribution in [0.5, 0.6) is 5.75 Å². The Morgan fingerprint density at radius 3 is 2.55 bits per heavy atom. The summed E-state index contributed by atoms with van der Waals surface area (Å²) in [7, 11) is 1.53. The lowest BCUT2D eigenvalue weighted by molar-refractivity contribution is -0.117. The van der Waals surface area contributed by atoms with Crippen LogP contribution in [0.4, 0.5) is 0 Å². The van der Waals surface area contributed by atoms with E-state index in [1.807, 2.05) is 13.8 Å². The number of hydrogen-bond acceptors (Lipinski definition) is 6. The Labute approximate surface area is 188 Å². The van der Waals surface area contributed by atoms with Gasteiger partial charge in [-0.2, -0.15) is 0 Å². The topological polar surface area (TPSA) is 90.3 Å². The van der Waals surface area contributed by atoms with Crippen molar-refractivity contribution in [3.63, 3.8) is 0 Å². The Balaban J connectivity index is 1.77. The van der Waals surface area contributed by atoms with Gasteiger partial charge in [0, 0.05) is 17.1 Å². The first kappa shape index (κ1) is 22.8. The number of methoxy groups -OCH3 is 1. The van der Waals surface area contributed by atoms with Crippen LogP contribution in [0.1, 0.15) is 24.2 Å². The van der Waals surface area contributed by atoms with Gasteiger partial charge in [0.1, 0.15) is 5.75 Å². The Morgan fingerprint density at radius 1 is 1.19 bits per heavy atom. The summed E-state index contributed by atoms with van der Waals surface area (Å²) in [6.07, 6.45) is 0. The standard InChI is InChI=1S/C22H22ClN3O4S/c1-13(2)11-26-21(29)17-10-15(23)6-9-18(17)24-22(26)31-12-19(27)25-20(28)14-4-7-16(30-3)8-5-14/h4-10,13H,11-12H2,1-3H3,(H,25,27,28). The first-order valence-electron chi connectivity index (χ1n) is 9.59. The number of aromatic nitrogens is 2. The molecule has 0 aliphatic heterocycles. The molecule has 0 aliphatic rings. The zero-order valence-corrected chi connectivity index (χ0v) is 18.9. The molecule has 7 nitrogen and oxygen atoms in total. The lowest BCUT2D eigenvalue weighted by atomic mass is 10.2. The highest BCUT2D eigenvalue weighted by molar-refractivity contribution is 7.99. The SMILES string of the molecule is COc1ccc(C(=O)NC(=O)CSc2nc3ccc(Cl)cc3c(=O)n2CC(C)C)cc1. The van der Waals surface area contributed by atoms with Gasteiger partial charge in [0.15, 0.2) is 5.16 Å². The number of fused-ring (bicyclic) bond motifs is 1. The maximum Gasteiger partial charge on any atom is 0.262 e. The van der Waals surface area contributed by atoms with Crippen molar-refractivity contribution in [2.75, 3.05) is 12.9 Å². The van der Waals surface area contributed by atoms with Gasteiger partial charge in [-0.15, -0.1) is 0 Å². The van der Waals surface area contributed by atoms with Crippen LogP contribution in [0, 0.1) is 5.92 Å². The molecule has 0 saturated heterocycles. The summed E-state index contributed by atoms with van der Waals surface area (Å²) in [4.78, 5) is 42.1. The highest BCUT2D eigenvalue weighted by atomic mass is 35.5. The van der Waals surface area contributed by atoms with E-state index >= 15 is 0 Å². The van der Waals surface area contributed by atoms with Crippen LogP contribution in [0.15, 0.2) is 52.4 Å². The summed E-state index contributed by atoms with van der Waals surface area (Å²) in [5, 5.41) is 3.65. The van der Waals surface area contributed by atoms with Crippen LogP contribution in [0.3, 0.4) is 0 Å². The number of halogens is 1. The molecule has 0 atom stereocenters. The van der Waals surface area contributed by atoms with Gasteiger partial charge in [0.2, 0.25) is 5.91 Å². The number of benzene rings is 2. The second kappa shape index (κ2) is 9.98. The lowest BCUT2D eigenvalue weighted by Gasteiger charge is -2.15. The average Bonchev–Trinajstić information content (AvgIpc) is 2.74. The predicted octanol–water partition coefficient (Wildman–Crippen LogP) is 3.76. The quantitative estimate of drug-likeness (QED) is 0.427. The van der Waals surface area contributed by atoms with Gasteiger partial charge >= 0.3 is 0 Å². The fraction of sp³-hybridized carbons (Fsp3) is 0.273. The molecule has 3 aromatic rings. The molecule has 0 aliphatic carbocycles. The predicted molar refractivity (Wildman–Crippen MR) is 122 cm³/mol. The van der Waals surface area contributed by atoms with E-state index in [0.717, 1.165) is 11.8 Å². The molecule has 1 aromatic heterocycles. The summed E-state index contributed by atoms with van der Waals surface area (Å²) >= 11 is 7.14. The van der Waals surface area contributed by atoms with E-state index in [1.54, 1.807) is 47.0 Å². The zero-order valence-electron chi connectivity index (χ0n) is 17.3. The summed E-state index contributed by atoms with van der Waals surface area (Å²) in [6.45, 7) is 4.43. The highest BCUT2D eigenvalue weighted by Crippen LogP contribution is 2.21. The van der Waals surface area contributed by atoms with Gasteiger partial charge in [0.05, 0.1) is 23.8 Å². The van der Waals surface area contributed by atoms with E-state index in [-0.39, 0.29) is 17.2 Å². The second-order valence-electron chi connectivity index (χ2n) is 7.26. The number of imide groups is 1. The van der Waals surface area contributed by atoms with Crippen LogP contribution in [-0.4, -0.2) is 34.2 Å². The van der Waals surface area contributed by atoms with Gasteiger partial charge < -0.3 is 4.74 Å². The van der Waals surface area contributed by atoms with Crippen molar-refractivity contribution in [3.8, 4) is 5.75 Å². The molecule has 0 bridgehead atoms. The number of carbonyl (C=O) groups excluding carboxylic acids is 2. The third-order valence-corrected chi connectivity index (χ3v) is 5.58. The van der Waals surface area contributed by atoms with Crippen molar-refractivity contribution >= 4 is 46.1 Å². The molecule has 3 rings (SSSR count). The highest BCUT2D eigenvalue weighted by Gasteiger charge is 2.16. The fourth-order valence-electron chi connectivity index (χ4n) is 2.92. The van der Waals surface area contributed by atoms with Crippen LogP contribution < -0.4 is 15.6 Å². The van der Waals surface area contributed by atoms with E-state index in [2.05, 4.69) is 10.3 Å². The number of amides is 2. The molecule has 2 aromatic carbocycles. The number of nitrogens with one attached hydrogen (secondary N) is 1. The molecule has 1 N–H and O–H groups in total. The maximum absolute atomic E-state index is 13.0. The van der Waals surface area contributed by atoms with E-state index < -0.39 is 11.8 Å². The Hall–Kier alpha value is -2.84. The molecule has 162 valence electrons.